The highest BCUT2D eigenvalue weighted by molar-refractivity contribution is 7.13. The molecule has 0 saturated carbocycles. The number of halogens is 1. The smallest absolute Gasteiger partial charge is 0.311 e. The molecule has 138 valence electrons. The second kappa shape index (κ2) is 9.00. The Labute approximate surface area is 161 Å². The molecule has 0 spiro atoms. The van der Waals surface area contributed by atoms with Crippen LogP contribution in [0.1, 0.15) is 31.0 Å². The molecule has 2 aromatic rings. The van der Waals surface area contributed by atoms with Crippen LogP contribution in [0.4, 0.5) is 10.8 Å². The van der Waals surface area contributed by atoms with Gasteiger partial charge in [0.1, 0.15) is 0 Å². The average molecular weight is 393 g/mol. The molecule has 6 nitrogen and oxygen atoms in total. The van der Waals surface area contributed by atoms with Gasteiger partial charge in [0, 0.05) is 29.7 Å². The van der Waals surface area contributed by atoms with Crippen LogP contribution in [0.5, 0.6) is 0 Å². The lowest BCUT2D eigenvalue weighted by Gasteiger charge is -2.18. The minimum absolute atomic E-state index is 0.166. The molecule has 2 heterocycles. The van der Waals surface area contributed by atoms with Crippen molar-refractivity contribution in [1.82, 2.24) is 4.98 Å². The summed E-state index contributed by atoms with van der Waals surface area (Å²) in [5.74, 6) is -0.280. The van der Waals surface area contributed by atoms with Crippen molar-refractivity contribution in [2.45, 2.75) is 26.2 Å². The highest BCUT2D eigenvalue weighted by Crippen LogP contribution is 2.25. The maximum Gasteiger partial charge on any atom is 0.311 e. The van der Waals surface area contributed by atoms with Crippen LogP contribution in [0.2, 0.25) is 5.02 Å². The summed E-state index contributed by atoms with van der Waals surface area (Å²) in [5.41, 5.74) is 5.53. The first-order valence-corrected chi connectivity index (χ1v) is 9.85. The quantitative estimate of drug-likeness (QED) is 0.439. The van der Waals surface area contributed by atoms with E-state index in [4.69, 9.17) is 16.3 Å². The van der Waals surface area contributed by atoms with Gasteiger partial charge in [-0.05, 0) is 38.0 Å². The number of nitrogens with one attached hydrogen (secondary N) is 1. The molecular weight excluding hydrogens is 372 g/mol. The normalized spacial score (nSPS) is 14.2. The van der Waals surface area contributed by atoms with E-state index in [9.17, 15) is 4.79 Å². The summed E-state index contributed by atoms with van der Waals surface area (Å²) in [6.07, 6.45) is 4.30. The number of anilines is 2. The van der Waals surface area contributed by atoms with E-state index >= 15 is 0 Å². The van der Waals surface area contributed by atoms with Gasteiger partial charge >= 0.3 is 5.97 Å². The molecule has 0 unspecified atom stereocenters. The Morgan fingerprint density at radius 3 is 3.00 bits per heavy atom. The van der Waals surface area contributed by atoms with Crippen molar-refractivity contribution in [3.8, 4) is 0 Å². The summed E-state index contributed by atoms with van der Waals surface area (Å²) < 4.78 is 4.91. The molecule has 1 fully saturated rings. The second-order valence-electron chi connectivity index (χ2n) is 5.90. The lowest BCUT2D eigenvalue weighted by Crippen LogP contribution is -2.17. The number of ether oxygens (including phenoxy) is 1. The van der Waals surface area contributed by atoms with Crippen molar-refractivity contribution in [2.24, 2.45) is 5.10 Å². The van der Waals surface area contributed by atoms with Gasteiger partial charge in [-0.15, -0.1) is 11.3 Å². The van der Waals surface area contributed by atoms with E-state index in [0.29, 0.717) is 22.5 Å². The van der Waals surface area contributed by atoms with Crippen molar-refractivity contribution >= 4 is 45.9 Å². The Bertz CT molecular complexity index is 787. The molecule has 8 heteroatoms. The Morgan fingerprint density at radius 2 is 2.27 bits per heavy atom. The van der Waals surface area contributed by atoms with Crippen LogP contribution in [-0.2, 0) is 16.0 Å². The number of carbonyl (C=O) groups is 1. The number of hydrogen-bond acceptors (Lipinski definition) is 7. The van der Waals surface area contributed by atoms with Crippen LogP contribution >= 0.6 is 22.9 Å². The third-order valence-corrected chi connectivity index (χ3v) is 5.12. The number of nitrogens with zero attached hydrogens (tertiary/aromatic N) is 3. The highest BCUT2D eigenvalue weighted by atomic mass is 35.5. The average Bonchev–Trinajstić information content (AvgIpc) is 3.28. The predicted octanol–water partition coefficient (Wildman–Crippen LogP) is 3.95. The number of esters is 1. The molecule has 0 aliphatic carbocycles. The van der Waals surface area contributed by atoms with Crippen molar-refractivity contribution in [3.63, 3.8) is 0 Å². The summed E-state index contributed by atoms with van der Waals surface area (Å²) in [6, 6.07) is 6.02. The number of rotatable bonds is 7. The molecule has 26 heavy (non-hydrogen) atoms. The van der Waals surface area contributed by atoms with Crippen molar-refractivity contribution < 1.29 is 9.53 Å². The minimum Gasteiger partial charge on any atom is -0.466 e. The standard InChI is InChI=1S/C18H21ClN4O2S/c1-2-25-17(24)9-14-12-26-18(21-14)22-20-11-13-5-6-15(10-16(13)19)23-7-3-4-8-23/h5-6,10-12H,2-4,7-9H2,1H3,(H,21,22). The molecule has 1 aliphatic heterocycles. The lowest BCUT2D eigenvalue weighted by molar-refractivity contribution is -0.142. The monoisotopic (exact) mass is 392 g/mol. The van der Waals surface area contributed by atoms with E-state index in [1.165, 1.54) is 24.2 Å². The predicted molar refractivity (Wildman–Crippen MR) is 107 cm³/mol. The topological polar surface area (TPSA) is 66.8 Å². The van der Waals surface area contributed by atoms with Gasteiger partial charge in [-0.1, -0.05) is 11.6 Å². The maximum absolute atomic E-state index is 11.5. The van der Waals surface area contributed by atoms with Gasteiger partial charge < -0.3 is 9.64 Å². The zero-order valence-corrected chi connectivity index (χ0v) is 16.1. The fourth-order valence-corrected chi connectivity index (χ4v) is 3.63. The van der Waals surface area contributed by atoms with Gasteiger partial charge in [-0.3, -0.25) is 10.2 Å². The zero-order chi connectivity index (χ0) is 18.4. The van der Waals surface area contributed by atoms with Gasteiger partial charge in [-0.25, -0.2) is 4.98 Å². The SMILES string of the molecule is CCOC(=O)Cc1csc(NN=Cc2ccc(N3CCCC3)cc2Cl)n1. The van der Waals surface area contributed by atoms with E-state index in [-0.39, 0.29) is 12.4 Å². The van der Waals surface area contributed by atoms with Crippen LogP contribution in [0.25, 0.3) is 0 Å². The molecule has 1 saturated heterocycles. The Kier molecular flexibility index (Phi) is 6.46. The zero-order valence-electron chi connectivity index (χ0n) is 14.6. The van der Waals surface area contributed by atoms with Gasteiger partial charge in [0.2, 0.25) is 5.13 Å². The van der Waals surface area contributed by atoms with Crippen molar-refractivity contribution in [1.29, 1.82) is 0 Å². The van der Waals surface area contributed by atoms with E-state index in [2.05, 4.69) is 26.5 Å². The van der Waals surface area contributed by atoms with Crippen molar-refractivity contribution in [3.05, 3.63) is 39.9 Å². The van der Waals surface area contributed by atoms with Gasteiger partial charge in [0.25, 0.3) is 0 Å². The van der Waals surface area contributed by atoms with E-state index in [0.717, 1.165) is 24.3 Å². The van der Waals surface area contributed by atoms with Crippen LogP contribution in [0, 0.1) is 0 Å². The van der Waals surface area contributed by atoms with Crippen molar-refractivity contribution in [2.75, 3.05) is 30.0 Å². The minimum atomic E-state index is -0.280. The molecule has 0 bridgehead atoms. The number of benzene rings is 1. The molecule has 1 aromatic heterocycles. The van der Waals surface area contributed by atoms with Gasteiger partial charge in [-0.2, -0.15) is 5.10 Å². The van der Waals surface area contributed by atoms with Crippen LogP contribution < -0.4 is 10.3 Å². The molecule has 0 atom stereocenters. The molecule has 0 radical (unpaired) electrons. The van der Waals surface area contributed by atoms with Gasteiger partial charge in [0.15, 0.2) is 0 Å². The molecule has 0 amide bonds. The van der Waals surface area contributed by atoms with E-state index in [1.807, 2.05) is 17.5 Å². The maximum atomic E-state index is 11.5. The van der Waals surface area contributed by atoms with Gasteiger partial charge in [0.05, 0.1) is 30.0 Å². The largest absolute Gasteiger partial charge is 0.466 e. The van der Waals surface area contributed by atoms with E-state index < -0.39 is 0 Å². The highest BCUT2D eigenvalue weighted by Gasteiger charge is 2.13. The third kappa shape index (κ3) is 4.95. The number of carbonyl (C=O) groups excluding carboxylic acids is 1. The Hall–Kier alpha value is -2.12. The first kappa shape index (κ1) is 18.7. The summed E-state index contributed by atoms with van der Waals surface area (Å²) in [5, 5.41) is 7.28. The molecule has 1 aromatic carbocycles. The van der Waals surface area contributed by atoms with E-state index in [1.54, 1.807) is 13.1 Å². The summed E-state index contributed by atoms with van der Waals surface area (Å²) in [6.45, 7) is 4.33. The summed E-state index contributed by atoms with van der Waals surface area (Å²) >= 11 is 7.76. The number of aromatic nitrogens is 1. The number of hydrogen-bond donors (Lipinski definition) is 1. The Balaban J connectivity index is 1.57. The lowest BCUT2D eigenvalue weighted by atomic mass is 10.2. The number of hydrazone groups is 1. The molecule has 1 aliphatic rings. The summed E-state index contributed by atoms with van der Waals surface area (Å²) in [4.78, 5) is 18.1. The first-order valence-electron chi connectivity index (χ1n) is 8.59. The Morgan fingerprint density at radius 1 is 1.46 bits per heavy atom. The van der Waals surface area contributed by atoms with Crippen LogP contribution in [0.15, 0.2) is 28.7 Å². The first-order chi connectivity index (χ1) is 12.7. The number of thiazole rings is 1. The molecule has 1 N–H and O–H groups in total. The molecule has 3 rings (SSSR count). The molecular formula is C18H21ClN4O2S. The fourth-order valence-electron chi connectivity index (χ4n) is 2.75. The summed E-state index contributed by atoms with van der Waals surface area (Å²) in [7, 11) is 0. The van der Waals surface area contributed by atoms with Crippen LogP contribution in [-0.4, -0.2) is 36.9 Å². The second-order valence-corrected chi connectivity index (χ2v) is 7.16. The van der Waals surface area contributed by atoms with Crippen LogP contribution in [0.3, 0.4) is 0 Å². The fraction of sp³-hybridized carbons (Fsp3) is 0.389. The third-order valence-electron chi connectivity index (χ3n) is 4.00.